The molecular weight excluding hydrogens is 247 g/mol. The number of aliphatic carboxylic acids is 1. The van der Waals surface area contributed by atoms with Gasteiger partial charge in [0.25, 0.3) is 0 Å². The van der Waals surface area contributed by atoms with E-state index < -0.39 is 5.97 Å². The molecule has 1 radical (unpaired) electrons. The monoisotopic (exact) mass is 279 g/mol. The third-order valence-electron chi connectivity index (χ3n) is 3.49. The van der Waals surface area contributed by atoms with Gasteiger partial charge in [0, 0.05) is 36.0 Å². The van der Waals surface area contributed by atoms with Gasteiger partial charge in [-0.25, -0.2) is 0 Å². The Labute approximate surface area is 142 Å². The molecule has 0 amide bonds. The van der Waals surface area contributed by atoms with Crippen molar-refractivity contribution >= 4 is 35.5 Å². The largest absolute Gasteiger partial charge is 0.481 e. The van der Waals surface area contributed by atoms with Crippen molar-refractivity contribution in [1.82, 2.24) is 0 Å². The smallest absolute Gasteiger partial charge is 0.303 e. The number of carbonyl (C=O) groups is 1. The normalized spacial score (nSPS) is 10.2. The van der Waals surface area contributed by atoms with Crippen LogP contribution in [-0.4, -0.2) is 40.6 Å². The molecule has 19 heavy (non-hydrogen) atoms. The van der Waals surface area contributed by atoms with E-state index in [1.165, 1.54) is 70.6 Å². The summed E-state index contributed by atoms with van der Waals surface area (Å²) in [5.74, 6) is -0.655. The van der Waals surface area contributed by atoms with Crippen LogP contribution in [0.3, 0.4) is 0 Å². The maximum Gasteiger partial charge on any atom is 0.303 e. The minimum Gasteiger partial charge on any atom is -0.481 e. The van der Waals surface area contributed by atoms with Gasteiger partial charge in [0.2, 0.25) is 0 Å². The van der Waals surface area contributed by atoms with Gasteiger partial charge in [-0.15, -0.1) is 0 Å². The van der Waals surface area contributed by atoms with Crippen molar-refractivity contribution in [2.75, 3.05) is 0 Å². The molecule has 0 spiro atoms. The molecule has 2 nitrogen and oxygen atoms in total. The summed E-state index contributed by atoms with van der Waals surface area (Å²) in [4.78, 5) is 10.3. The van der Waals surface area contributed by atoms with Gasteiger partial charge in [-0.2, -0.15) is 0 Å². The Bertz CT molecular complexity index is 184. The van der Waals surface area contributed by atoms with E-state index in [-0.39, 0.29) is 29.6 Å². The number of hydrogen-bond donors (Lipinski definition) is 1. The molecule has 0 aromatic rings. The van der Waals surface area contributed by atoms with Crippen molar-refractivity contribution in [3.05, 3.63) is 0 Å². The predicted molar refractivity (Wildman–Crippen MR) is 83.7 cm³/mol. The van der Waals surface area contributed by atoms with E-state index in [0.29, 0.717) is 6.42 Å². The molecule has 109 valence electrons. The van der Waals surface area contributed by atoms with Crippen molar-refractivity contribution < 1.29 is 9.90 Å². The van der Waals surface area contributed by atoms with Crippen LogP contribution in [0.15, 0.2) is 0 Å². The van der Waals surface area contributed by atoms with Gasteiger partial charge in [-0.05, 0) is 6.42 Å². The van der Waals surface area contributed by atoms with E-state index in [2.05, 4.69) is 6.92 Å². The van der Waals surface area contributed by atoms with Crippen LogP contribution in [0.4, 0.5) is 0 Å². The molecule has 0 bridgehead atoms. The predicted octanol–water partition coefficient (Wildman–Crippen LogP) is 5.17. The summed E-state index contributed by atoms with van der Waals surface area (Å²) in [6.45, 7) is 2.26. The Morgan fingerprint density at radius 2 is 1.00 bits per heavy atom. The maximum absolute atomic E-state index is 10.3. The van der Waals surface area contributed by atoms with E-state index in [4.69, 9.17) is 5.11 Å². The molecule has 0 unspecified atom stereocenters. The van der Waals surface area contributed by atoms with Crippen LogP contribution < -0.4 is 0 Å². The zero-order valence-electron chi connectivity index (χ0n) is 13.3. The van der Waals surface area contributed by atoms with Crippen LogP contribution in [0.25, 0.3) is 0 Å². The first-order valence-electron chi connectivity index (χ1n) is 7.99. The molecule has 0 aliphatic rings. The second-order valence-electron chi connectivity index (χ2n) is 5.39. The van der Waals surface area contributed by atoms with Crippen molar-refractivity contribution in [1.29, 1.82) is 0 Å². The van der Waals surface area contributed by atoms with Crippen LogP contribution in [0.1, 0.15) is 96.8 Å². The quantitative estimate of drug-likeness (QED) is 0.352. The minimum atomic E-state index is -0.655. The van der Waals surface area contributed by atoms with Gasteiger partial charge < -0.3 is 5.11 Å². The fraction of sp³-hybridized carbons (Fsp3) is 0.938. The first-order valence-corrected chi connectivity index (χ1v) is 7.99. The first-order chi connectivity index (χ1) is 8.77. The summed E-state index contributed by atoms with van der Waals surface area (Å²) in [6.07, 6.45) is 17.3. The maximum atomic E-state index is 10.3. The summed E-state index contributed by atoms with van der Waals surface area (Å²) >= 11 is 0. The SMILES string of the molecule is CCCCCCCCCCCCCCCC(=O)O.[Na]. The molecule has 0 aliphatic heterocycles. The second-order valence-corrected chi connectivity index (χ2v) is 5.39. The summed E-state index contributed by atoms with van der Waals surface area (Å²) in [5, 5.41) is 8.49. The summed E-state index contributed by atoms with van der Waals surface area (Å²) < 4.78 is 0. The molecule has 0 heterocycles. The minimum absolute atomic E-state index is 0. The molecule has 0 saturated heterocycles. The fourth-order valence-electron chi connectivity index (χ4n) is 2.29. The summed E-state index contributed by atoms with van der Waals surface area (Å²) in [6, 6.07) is 0. The molecule has 3 heteroatoms. The zero-order valence-corrected chi connectivity index (χ0v) is 15.3. The van der Waals surface area contributed by atoms with Crippen molar-refractivity contribution in [3.8, 4) is 0 Å². The Morgan fingerprint density at radius 3 is 1.32 bits per heavy atom. The molecule has 0 aliphatic carbocycles. The molecule has 0 atom stereocenters. The van der Waals surface area contributed by atoms with Gasteiger partial charge in [0.05, 0.1) is 0 Å². The number of rotatable bonds is 14. The zero-order chi connectivity index (χ0) is 13.5. The molecule has 0 rings (SSSR count). The molecule has 0 aromatic carbocycles. The molecule has 1 N–H and O–H groups in total. The number of carboxylic acid groups (broad SMARTS) is 1. The van der Waals surface area contributed by atoms with Gasteiger partial charge in [0.15, 0.2) is 0 Å². The molecule has 0 saturated carbocycles. The van der Waals surface area contributed by atoms with Gasteiger partial charge >= 0.3 is 5.97 Å². The van der Waals surface area contributed by atoms with Crippen molar-refractivity contribution in [2.24, 2.45) is 0 Å². The van der Waals surface area contributed by atoms with Crippen molar-refractivity contribution in [3.63, 3.8) is 0 Å². The van der Waals surface area contributed by atoms with E-state index >= 15 is 0 Å². The number of unbranched alkanes of at least 4 members (excludes halogenated alkanes) is 12. The number of hydrogen-bond acceptors (Lipinski definition) is 1. The van der Waals surface area contributed by atoms with Crippen LogP contribution in [0.5, 0.6) is 0 Å². The van der Waals surface area contributed by atoms with Gasteiger partial charge in [-0.3, -0.25) is 4.79 Å². The fourth-order valence-corrected chi connectivity index (χ4v) is 2.29. The second kappa shape index (κ2) is 18.5. The van der Waals surface area contributed by atoms with E-state index in [1.54, 1.807) is 0 Å². The van der Waals surface area contributed by atoms with Gasteiger partial charge in [0.1, 0.15) is 0 Å². The van der Waals surface area contributed by atoms with E-state index in [9.17, 15) is 4.79 Å². The van der Waals surface area contributed by atoms with Crippen molar-refractivity contribution in [2.45, 2.75) is 96.8 Å². The Hall–Kier alpha value is 0.470. The van der Waals surface area contributed by atoms with E-state index in [0.717, 1.165) is 12.8 Å². The van der Waals surface area contributed by atoms with Crippen LogP contribution in [-0.2, 0) is 4.79 Å². The van der Waals surface area contributed by atoms with E-state index in [1.807, 2.05) is 0 Å². The van der Waals surface area contributed by atoms with Crippen LogP contribution >= 0.6 is 0 Å². The molecular formula is C16H32NaO2. The third kappa shape index (κ3) is 20.9. The third-order valence-corrected chi connectivity index (χ3v) is 3.49. The van der Waals surface area contributed by atoms with Crippen LogP contribution in [0.2, 0.25) is 0 Å². The Kier molecular flexibility index (Phi) is 21.2. The Balaban J connectivity index is 0. The standard InChI is InChI=1S/C16H32O2.Na/c1-2-3-4-5-6-7-8-9-10-11-12-13-14-15-16(17)18;/h2-15H2,1H3,(H,17,18);. The average molecular weight is 279 g/mol. The molecule has 0 aromatic heterocycles. The van der Waals surface area contributed by atoms with Gasteiger partial charge in [-0.1, -0.05) is 84.0 Å². The summed E-state index contributed by atoms with van der Waals surface area (Å²) in [5.41, 5.74) is 0. The first kappa shape index (κ1) is 21.8. The number of carboxylic acids is 1. The average Bonchev–Trinajstić information content (AvgIpc) is 2.34. The summed E-state index contributed by atoms with van der Waals surface area (Å²) in [7, 11) is 0. The van der Waals surface area contributed by atoms with Crippen LogP contribution in [0, 0.1) is 0 Å². The molecule has 0 fully saturated rings. The Morgan fingerprint density at radius 1 is 0.684 bits per heavy atom. The topological polar surface area (TPSA) is 37.3 Å².